The lowest BCUT2D eigenvalue weighted by Crippen LogP contribution is -2.05. The number of nitrogens with zero attached hydrogens (tertiary/aromatic N) is 3. The minimum absolute atomic E-state index is 0.143. The molecule has 0 aliphatic rings. The van der Waals surface area contributed by atoms with E-state index in [9.17, 15) is 17.4 Å². The molecule has 2 aromatic carbocycles. The zero-order valence-electron chi connectivity index (χ0n) is 19.7. The molecule has 0 aliphatic carbocycles. The van der Waals surface area contributed by atoms with Crippen LogP contribution in [0.4, 0.5) is 18.9 Å². The number of nitrogens with one attached hydrogen (secondary N) is 2. The first-order valence-electron chi connectivity index (χ1n) is 11.1. The molecule has 0 aliphatic heterocycles. The molecule has 0 amide bonds. The number of hydrogen-bond acceptors (Lipinski definition) is 3. The molecule has 0 spiro atoms. The van der Waals surface area contributed by atoms with Crippen molar-refractivity contribution in [1.29, 1.82) is 0 Å². The molecule has 6 nitrogen and oxygen atoms in total. The lowest BCUT2D eigenvalue weighted by molar-refractivity contribution is 0.573. The van der Waals surface area contributed by atoms with Crippen molar-refractivity contribution in [2.45, 2.75) is 20.4 Å². The summed E-state index contributed by atoms with van der Waals surface area (Å²) in [5, 5.41) is 5.46. The van der Waals surface area contributed by atoms with Crippen molar-refractivity contribution < 1.29 is 17.4 Å². The van der Waals surface area contributed by atoms with Crippen LogP contribution < -0.4 is 4.72 Å². The van der Waals surface area contributed by atoms with E-state index >= 15 is 0 Å². The van der Waals surface area contributed by atoms with Crippen LogP contribution in [0.15, 0.2) is 54.9 Å². The summed E-state index contributed by atoms with van der Waals surface area (Å²) in [6.45, 7) is 4.01. The second kappa shape index (κ2) is 9.27. The molecular formula is C26H22F3N5OS. The molecule has 36 heavy (non-hydrogen) atoms. The zero-order chi connectivity index (χ0) is 25.6. The van der Waals surface area contributed by atoms with Gasteiger partial charge in [0.05, 0.1) is 17.9 Å². The van der Waals surface area contributed by atoms with Gasteiger partial charge in [-0.15, -0.1) is 0 Å². The number of anilines is 1. The first kappa shape index (κ1) is 23.8. The van der Waals surface area contributed by atoms with E-state index in [1.165, 1.54) is 24.5 Å². The van der Waals surface area contributed by atoms with Gasteiger partial charge in [0.1, 0.15) is 34.1 Å². The lowest BCUT2D eigenvalue weighted by atomic mass is 10.0. The van der Waals surface area contributed by atoms with Crippen molar-refractivity contribution >= 4 is 27.7 Å². The second-order valence-electron chi connectivity index (χ2n) is 8.55. The van der Waals surface area contributed by atoms with Crippen molar-refractivity contribution in [2.24, 2.45) is 0 Å². The van der Waals surface area contributed by atoms with Crippen LogP contribution in [0, 0.1) is 31.3 Å². The van der Waals surface area contributed by atoms with Crippen molar-refractivity contribution in [1.82, 2.24) is 19.7 Å². The fourth-order valence-corrected chi connectivity index (χ4v) is 4.89. The predicted octanol–water partition coefficient (Wildman–Crippen LogP) is 5.88. The number of aromatic nitrogens is 4. The van der Waals surface area contributed by atoms with Gasteiger partial charge >= 0.3 is 0 Å². The first-order chi connectivity index (χ1) is 17.2. The van der Waals surface area contributed by atoms with E-state index < -0.39 is 28.4 Å². The highest BCUT2D eigenvalue weighted by molar-refractivity contribution is 7.85. The summed E-state index contributed by atoms with van der Waals surface area (Å²) in [5.74, 6) is -1.76. The number of aromatic amines is 1. The smallest absolute Gasteiger partial charge is 0.147 e. The van der Waals surface area contributed by atoms with Gasteiger partial charge in [0.25, 0.3) is 0 Å². The summed E-state index contributed by atoms with van der Waals surface area (Å²) in [6.07, 6.45) is 4.97. The summed E-state index contributed by atoms with van der Waals surface area (Å²) < 4.78 is 57.4. The Morgan fingerprint density at radius 3 is 2.50 bits per heavy atom. The second-order valence-corrected chi connectivity index (χ2v) is 9.67. The van der Waals surface area contributed by atoms with E-state index in [0.29, 0.717) is 16.8 Å². The molecule has 0 radical (unpaired) electrons. The Balaban J connectivity index is 1.56. The van der Waals surface area contributed by atoms with Crippen molar-refractivity contribution in [3.8, 4) is 22.3 Å². The monoisotopic (exact) mass is 509 g/mol. The number of benzene rings is 2. The fraction of sp³-hybridized carbons (Fsp3) is 0.154. The van der Waals surface area contributed by atoms with Gasteiger partial charge in [0.2, 0.25) is 0 Å². The Labute approximate surface area is 207 Å². The van der Waals surface area contributed by atoms with Gasteiger partial charge in [-0.2, -0.15) is 5.10 Å². The van der Waals surface area contributed by atoms with E-state index in [4.69, 9.17) is 0 Å². The Morgan fingerprint density at radius 1 is 1.03 bits per heavy atom. The first-order valence-corrected chi connectivity index (χ1v) is 12.6. The van der Waals surface area contributed by atoms with Crippen molar-refractivity contribution in [3.05, 3.63) is 89.3 Å². The van der Waals surface area contributed by atoms with Gasteiger partial charge in [0.15, 0.2) is 0 Å². The minimum Gasteiger partial charge on any atom is -0.346 e. The quantitative estimate of drug-likeness (QED) is 0.300. The summed E-state index contributed by atoms with van der Waals surface area (Å²) in [7, 11) is -1.42. The number of rotatable bonds is 6. The Bertz CT molecular complexity index is 1620. The summed E-state index contributed by atoms with van der Waals surface area (Å²) in [6, 6.07) is 9.93. The molecule has 0 fully saturated rings. The van der Waals surface area contributed by atoms with Gasteiger partial charge in [0, 0.05) is 52.5 Å². The number of fused-ring (bicyclic) bond motifs is 1. The number of pyridine rings is 1. The third-order valence-electron chi connectivity index (χ3n) is 5.99. The van der Waals surface area contributed by atoms with Gasteiger partial charge in [-0.3, -0.25) is 4.68 Å². The number of halogens is 3. The van der Waals surface area contributed by atoms with Gasteiger partial charge in [-0.1, -0.05) is 6.07 Å². The topological polar surface area (TPSA) is 75.6 Å². The Morgan fingerprint density at radius 2 is 1.78 bits per heavy atom. The van der Waals surface area contributed by atoms with Crippen LogP contribution in [0.2, 0.25) is 0 Å². The molecule has 184 valence electrons. The zero-order valence-corrected chi connectivity index (χ0v) is 20.5. The lowest BCUT2D eigenvalue weighted by Gasteiger charge is -2.09. The normalized spacial score (nSPS) is 12.3. The molecule has 1 unspecified atom stereocenters. The van der Waals surface area contributed by atoms with Gasteiger partial charge in [-0.25, -0.2) is 22.4 Å². The number of H-pyrrole nitrogens is 1. The summed E-state index contributed by atoms with van der Waals surface area (Å²) in [5.41, 5.74) is 6.11. The maximum Gasteiger partial charge on any atom is 0.147 e. The molecule has 5 rings (SSSR count). The third kappa shape index (κ3) is 4.51. The molecule has 0 saturated carbocycles. The molecule has 1 atom stereocenters. The SMILES string of the molecule is Cc1nn(Cc2cc(F)cc(F)c2)c(C)c1-c1c[nH]c2ncc(-c3ccc(F)c(NS(C)=O)c3)cc12. The summed E-state index contributed by atoms with van der Waals surface area (Å²) in [4.78, 5) is 7.71. The van der Waals surface area contributed by atoms with E-state index in [0.717, 1.165) is 39.5 Å². The average Bonchev–Trinajstić information content (AvgIpc) is 3.33. The fourth-order valence-electron chi connectivity index (χ4n) is 4.42. The Kier molecular flexibility index (Phi) is 6.13. The standard InChI is InChI=1S/C26H22F3N5OS/c1-14-25(15(2)34(32-14)13-16-6-19(27)10-20(28)7-16)22-12-31-26-21(22)8-18(11-30-26)17-4-5-23(29)24(9-17)33-36(3)35/h4-12,33H,13H2,1-3H3,(H,30,31). The molecule has 3 heterocycles. The van der Waals surface area contributed by atoms with Crippen molar-refractivity contribution in [2.75, 3.05) is 11.0 Å². The van der Waals surface area contributed by atoms with Crippen molar-refractivity contribution in [3.63, 3.8) is 0 Å². The van der Waals surface area contributed by atoms with Gasteiger partial charge in [-0.05, 0) is 55.3 Å². The molecule has 0 bridgehead atoms. The molecule has 5 aromatic rings. The maximum atomic E-state index is 14.2. The largest absolute Gasteiger partial charge is 0.346 e. The number of aryl methyl sites for hydroxylation is 1. The van der Waals surface area contributed by atoms with E-state index in [2.05, 4.69) is 19.8 Å². The van der Waals surface area contributed by atoms with Crippen LogP contribution in [0.3, 0.4) is 0 Å². The molecule has 0 saturated heterocycles. The van der Waals surface area contributed by atoms with Crippen LogP contribution in [0.1, 0.15) is 17.0 Å². The maximum absolute atomic E-state index is 14.2. The highest BCUT2D eigenvalue weighted by atomic mass is 32.2. The number of hydrogen-bond donors (Lipinski definition) is 2. The highest BCUT2D eigenvalue weighted by Crippen LogP contribution is 2.35. The van der Waals surface area contributed by atoms with E-state index in [-0.39, 0.29) is 12.2 Å². The average molecular weight is 510 g/mol. The van der Waals surface area contributed by atoms with Crippen LogP contribution in [0.25, 0.3) is 33.3 Å². The van der Waals surface area contributed by atoms with Gasteiger partial charge < -0.3 is 9.71 Å². The van der Waals surface area contributed by atoms with Crippen LogP contribution >= 0.6 is 0 Å². The highest BCUT2D eigenvalue weighted by Gasteiger charge is 2.19. The molecule has 3 aromatic heterocycles. The Hall–Kier alpha value is -3.92. The van der Waals surface area contributed by atoms with Crippen LogP contribution in [-0.2, 0) is 17.5 Å². The minimum atomic E-state index is -1.42. The third-order valence-corrected chi connectivity index (χ3v) is 6.50. The molecule has 10 heteroatoms. The summed E-state index contributed by atoms with van der Waals surface area (Å²) >= 11 is 0. The van der Waals surface area contributed by atoms with E-state index in [1.54, 1.807) is 23.0 Å². The van der Waals surface area contributed by atoms with Crippen LogP contribution in [-0.4, -0.2) is 30.2 Å². The molecule has 2 N–H and O–H groups in total. The van der Waals surface area contributed by atoms with E-state index in [1.807, 2.05) is 26.1 Å². The predicted molar refractivity (Wildman–Crippen MR) is 135 cm³/mol. The molecular weight excluding hydrogens is 487 g/mol. The van der Waals surface area contributed by atoms with Crippen LogP contribution in [0.5, 0.6) is 0 Å².